The molecule has 1 aliphatic heterocycles. The van der Waals surface area contributed by atoms with E-state index in [0.717, 1.165) is 42.3 Å². The van der Waals surface area contributed by atoms with Crippen molar-refractivity contribution in [2.45, 2.75) is 111 Å². The molecule has 0 radical (unpaired) electrons. The summed E-state index contributed by atoms with van der Waals surface area (Å²) < 4.78 is 5.98. The highest BCUT2D eigenvalue weighted by Gasteiger charge is 2.14. The summed E-state index contributed by atoms with van der Waals surface area (Å²) in [5, 5.41) is 0.643. The normalized spacial score (nSPS) is 13.0. The molecule has 41 heavy (non-hydrogen) atoms. The Balaban J connectivity index is 1.33. The Morgan fingerprint density at radius 1 is 0.902 bits per heavy atom. The van der Waals surface area contributed by atoms with Crippen LogP contribution in [-0.2, 0) is 17.8 Å². The van der Waals surface area contributed by atoms with Crippen LogP contribution in [0.3, 0.4) is 0 Å². The highest BCUT2D eigenvalue weighted by atomic mass is 35.5. The lowest BCUT2D eigenvalue weighted by atomic mass is 10.1. The summed E-state index contributed by atoms with van der Waals surface area (Å²) in [4.78, 5) is 18.0. The first-order chi connectivity index (χ1) is 20.0. The van der Waals surface area contributed by atoms with E-state index in [1.54, 1.807) is 6.92 Å². The van der Waals surface area contributed by atoms with Crippen LogP contribution in [-0.4, -0.2) is 29.8 Å². The van der Waals surface area contributed by atoms with Crippen LogP contribution in [0.2, 0.25) is 5.02 Å². The minimum Gasteiger partial charge on any atom is -0.492 e. The molecule has 0 N–H and O–H groups in total. The lowest BCUT2D eigenvalue weighted by Crippen LogP contribution is -2.30. The van der Waals surface area contributed by atoms with Gasteiger partial charge < -0.3 is 14.5 Å². The first-order valence-corrected chi connectivity index (χ1v) is 17.2. The number of anilines is 1. The summed E-state index contributed by atoms with van der Waals surface area (Å²) in [7, 11) is 0. The summed E-state index contributed by atoms with van der Waals surface area (Å²) in [5.41, 5.74) is 3.27. The van der Waals surface area contributed by atoms with Crippen LogP contribution in [0, 0.1) is 0 Å². The third-order valence-corrected chi connectivity index (χ3v) is 9.03. The molecular formula is C35H51ClN2O2S. The summed E-state index contributed by atoms with van der Waals surface area (Å²) in [6.07, 6.45) is 18.9. The quantitative estimate of drug-likeness (QED) is 0.142. The first kappa shape index (κ1) is 33.4. The minimum atomic E-state index is 0.0423. The third-order valence-electron chi connectivity index (χ3n) is 7.71. The van der Waals surface area contributed by atoms with Crippen molar-refractivity contribution in [2.24, 2.45) is 0 Å². The zero-order valence-electron chi connectivity index (χ0n) is 25.6. The van der Waals surface area contributed by atoms with Crippen LogP contribution < -0.4 is 9.64 Å². The number of allylic oxidation sites excluding steroid dienone is 1. The maximum atomic E-state index is 12.5. The minimum absolute atomic E-state index is 0.0423. The van der Waals surface area contributed by atoms with Crippen LogP contribution in [0.15, 0.2) is 53.6 Å². The number of amides is 1. The van der Waals surface area contributed by atoms with E-state index in [2.05, 4.69) is 55.3 Å². The van der Waals surface area contributed by atoms with E-state index in [1.807, 2.05) is 28.8 Å². The Labute approximate surface area is 258 Å². The molecule has 2 aromatic rings. The molecule has 1 heterocycles. The summed E-state index contributed by atoms with van der Waals surface area (Å²) in [5.74, 6) is 1.79. The molecule has 0 saturated carbocycles. The molecule has 0 bridgehead atoms. The van der Waals surface area contributed by atoms with E-state index in [0.29, 0.717) is 18.2 Å². The number of halogens is 1. The van der Waals surface area contributed by atoms with Gasteiger partial charge in [0, 0.05) is 31.9 Å². The lowest BCUT2D eigenvalue weighted by molar-refractivity contribution is -0.116. The van der Waals surface area contributed by atoms with Gasteiger partial charge in [-0.3, -0.25) is 4.79 Å². The zero-order valence-corrected chi connectivity index (χ0v) is 27.2. The van der Waals surface area contributed by atoms with Gasteiger partial charge in [-0.15, -0.1) is 11.8 Å². The number of nitrogens with zero attached hydrogens (tertiary/aromatic N) is 2. The maximum Gasteiger partial charge on any atom is 0.223 e. The molecule has 0 spiro atoms. The molecule has 0 aromatic heterocycles. The van der Waals surface area contributed by atoms with E-state index >= 15 is 0 Å². The summed E-state index contributed by atoms with van der Waals surface area (Å²) in [6, 6.07) is 14.4. The number of carbonyl (C=O) groups is 1. The highest BCUT2D eigenvalue weighted by Crippen LogP contribution is 2.28. The van der Waals surface area contributed by atoms with Crippen LogP contribution in [0.5, 0.6) is 5.75 Å². The van der Waals surface area contributed by atoms with Crippen molar-refractivity contribution in [1.82, 2.24) is 4.90 Å². The largest absolute Gasteiger partial charge is 0.492 e. The smallest absolute Gasteiger partial charge is 0.223 e. The number of hydrogen-bond acceptors (Lipinski definition) is 4. The number of carbonyl (C=O) groups excluding carboxylic acids is 1. The van der Waals surface area contributed by atoms with Crippen molar-refractivity contribution in [2.75, 3.05) is 23.9 Å². The van der Waals surface area contributed by atoms with E-state index in [-0.39, 0.29) is 5.91 Å². The predicted octanol–water partition coefficient (Wildman–Crippen LogP) is 10.4. The van der Waals surface area contributed by atoms with Crippen molar-refractivity contribution in [1.29, 1.82) is 0 Å². The fourth-order valence-corrected chi connectivity index (χ4v) is 6.29. The number of rotatable bonds is 20. The lowest BCUT2D eigenvalue weighted by Gasteiger charge is -2.22. The zero-order chi connectivity index (χ0) is 29.3. The molecule has 1 amide bonds. The number of unbranched alkanes of at least 4 members (excludes halogenated alkanes) is 11. The second-order valence-corrected chi connectivity index (χ2v) is 12.9. The maximum absolute atomic E-state index is 12.5. The highest BCUT2D eigenvalue weighted by molar-refractivity contribution is 8.03. The van der Waals surface area contributed by atoms with Crippen molar-refractivity contribution in [3.8, 4) is 5.75 Å². The van der Waals surface area contributed by atoms with E-state index in [4.69, 9.17) is 16.3 Å². The fourth-order valence-electron chi connectivity index (χ4n) is 5.27. The van der Waals surface area contributed by atoms with Gasteiger partial charge in [-0.05, 0) is 60.1 Å². The Morgan fingerprint density at radius 2 is 1.51 bits per heavy atom. The van der Waals surface area contributed by atoms with Gasteiger partial charge in [0.15, 0.2) is 0 Å². The fraction of sp³-hybridized carbons (Fsp3) is 0.571. The second kappa shape index (κ2) is 19.2. The van der Waals surface area contributed by atoms with Crippen LogP contribution >= 0.6 is 23.4 Å². The molecule has 4 nitrogen and oxygen atoms in total. The van der Waals surface area contributed by atoms with Gasteiger partial charge in [-0.2, -0.15) is 0 Å². The monoisotopic (exact) mass is 598 g/mol. The molecule has 6 heteroatoms. The average molecular weight is 599 g/mol. The van der Waals surface area contributed by atoms with E-state index in [9.17, 15) is 4.79 Å². The SMILES string of the molecule is CCCCCCCCCCCCCCOc1ccc(CCN(C(C)=O)c2ccc(CN3C=C(C)SC3)cc2)cc1Cl. The molecule has 0 fully saturated rings. The van der Waals surface area contributed by atoms with Crippen LogP contribution in [0.4, 0.5) is 5.69 Å². The predicted molar refractivity (Wildman–Crippen MR) is 178 cm³/mol. The van der Waals surface area contributed by atoms with Crippen molar-refractivity contribution in [3.63, 3.8) is 0 Å². The standard InChI is InChI=1S/C35H51ClN2O2S/c1-4-5-6-7-8-9-10-11-12-13-14-15-24-40-35-21-18-31(25-34(35)36)22-23-38(30(3)39)33-19-16-32(17-20-33)27-37-26-29(2)41-28-37/h16-21,25-26H,4-15,22-24,27-28H2,1-3H3. The van der Waals surface area contributed by atoms with E-state index in [1.165, 1.54) is 81.1 Å². The van der Waals surface area contributed by atoms with Gasteiger partial charge >= 0.3 is 0 Å². The molecule has 226 valence electrons. The number of thioether (sulfide) groups is 1. The Hall–Kier alpha value is -2.11. The van der Waals surface area contributed by atoms with Crippen molar-refractivity contribution >= 4 is 35.0 Å². The third kappa shape index (κ3) is 12.7. The van der Waals surface area contributed by atoms with Crippen molar-refractivity contribution < 1.29 is 9.53 Å². The molecule has 0 saturated heterocycles. The molecule has 0 aliphatic carbocycles. The van der Waals surface area contributed by atoms with Gasteiger partial charge in [0.05, 0.1) is 17.5 Å². The summed E-state index contributed by atoms with van der Waals surface area (Å²) in [6.45, 7) is 8.25. The number of ether oxygens (including phenoxy) is 1. The Bertz CT molecular complexity index is 1070. The molecule has 2 aromatic carbocycles. The average Bonchev–Trinajstić information content (AvgIpc) is 3.37. The molecule has 0 atom stereocenters. The van der Waals surface area contributed by atoms with E-state index < -0.39 is 0 Å². The molecular weight excluding hydrogens is 548 g/mol. The topological polar surface area (TPSA) is 32.8 Å². The van der Waals surface area contributed by atoms with Gasteiger partial charge in [-0.1, -0.05) is 107 Å². The van der Waals surface area contributed by atoms with Gasteiger partial charge in [0.1, 0.15) is 5.75 Å². The Morgan fingerprint density at radius 3 is 2.07 bits per heavy atom. The Kier molecular flexibility index (Phi) is 15.6. The van der Waals surface area contributed by atoms with Crippen LogP contribution in [0.25, 0.3) is 0 Å². The first-order valence-electron chi connectivity index (χ1n) is 15.8. The van der Waals surface area contributed by atoms with Crippen molar-refractivity contribution in [3.05, 3.63) is 69.7 Å². The number of hydrogen-bond donors (Lipinski definition) is 0. The van der Waals surface area contributed by atoms with Gasteiger partial charge in [0.2, 0.25) is 5.91 Å². The summed E-state index contributed by atoms with van der Waals surface area (Å²) >= 11 is 8.43. The molecule has 0 unspecified atom stereocenters. The van der Waals surface area contributed by atoms with Gasteiger partial charge in [-0.25, -0.2) is 0 Å². The van der Waals surface area contributed by atoms with Crippen LogP contribution in [0.1, 0.15) is 109 Å². The number of benzene rings is 2. The second-order valence-electron chi connectivity index (χ2n) is 11.3. The van der Waals surface area contributed by atoms with Gasteiger partial charge in [0.25, 0.3) is 0 Å². The molecule has 3 rings (SSSR count). The molecule has 1 aliphatic rings.